The Morgan fingerprint density at radius 2 is 0.589 bits per heavy atom. The Labute approximate surface area is 348 Å². The van der Waals surface area contributed by atoms with Crippen LogP contribution < -0.4 is 0 Å². The van der Waals surface area contributed by atoms with Gasteiger partial charge in [-0.05, 0) is 31.1 Å². The van der Waals surface area contributed by atoms with Crippen molar-refractivity contribution in [3.63, 3.8) is 0 Å². The molecule has 0 heterocycles. The monoisotopic (exact) mass is 793 g/mol. The van der Waals surface area contributed by atoms with Crippen molar-refractivity contribution < 1.29 is 28.6 Å². The van der Waals surface area contributed by atoms with Gasteiger partial charge >= 0.3 is 17.9 Å². The summed E-state index contributed by atoms with van der Waals surface area (Å²) in [7, 11) is 0. The van der Waals surface area contributed by atoms with E-state index in [1.165, 1.54) is 161 Å². The number of hydrogen-bond donors (Lipinski definition) is 0. The third kappa shape index (κ3) is 43.5. The van der Waals surface area contributed by atoms with Gasteiger partial charge in [0, 0.05) is 19.3 Å². The predicted octanol–water partition coefficient (Wildman–Crippen LogP) is 15.8. The van der Waals surface area contributed by atoms with Crippen LogP contribution >= 0.6 is 0 Å². The Morgan fingerprint density at radius 1 is 0.339 bits per heavy atom. The molecular formula is C50H96O6. The normalized spacial score (nSPS) is 12.1. The molecule has 56 heavy (non-hydrogen) atoms. The van der Waals surface area contributed by atoms with Gasteiger partial charge in [-0.3, -0.25) is 14.4 Å². The van der Waals surface area contributed by atoms with Crippen molar-refractivity contribution in [3.8, 4) is 0 Å². The molecular weight excluding hydrogens is 697 g/mol. The predicted molar refractivity (Wildman–Crippen MR) is 238 cm³/mol. The van der Waals surface area contributed by atoms with Gasteiger partial charge in [-0.1, -0.05) is 234 Å². The van der Waals surface area contributed by atoms with Crippen LogP contribution in [0.1, 0.15) is 272 Å². The van der Waals surface area contributed by atoms with Crippen LogP contribution in [0, 0.1) is 11.8 Å². The highest BCUT2D eigenvalue weighted by molar-refractivity contribution is 5.71. The lowest BCUT2D eigenvalue weighted by atomic mass is 10.0. The van der Waals surface area contributed by atoms with E-state index in [0.29, 0.717) is 19.3 Å². The zero-order valence-corrected chi connectivity index (χ0v) is 38.3. The summed E-state index contributed by atoms with van der Waals surface area (Å²) in [5.41, 5.74) is 0. The molecule has 6 heteroatoms. The zero-order valence-electron chi connectivity index (χ0n) is 38.3. The van der Waals surface area contributed by atoms with Crippen LogP contribution in [0.5, 0.6) is 0 Å². The number of carbonyl (C=O) groups is 3. The number of carbonyl (C=O) groups excluding carboxylic acids is 3. The standard InChI is InChI=1S/C50H96O6/c1-6-7-8-9-10-11-12-13-14-15-16-17-18-19-25-30-35-40-48(51)54-43-47(56-50(53)42-37-32-27-22-24-29-34-39-46(4)5)44-55-49(52)41-36-31-26-21-20-23-28-33-38-45(2)3/h45-47H,6-44H2,1-5H3/t47-/m0/s1. The lowest BCUT2D eigenvalue weighted by Crippen LogP contribution is -2.30. The second-order valence-electron chi connectivity index (χ2n) is 18.1. The third-order valence-corrected chi connectivity index (χ3v) is 11.2. The molecule has 0 radical (unpaired) electrons. The maximum absolute atomic E-state index is 12.7. The average molecular weight is 793 g/mol. The molecule has 0 aromatic carbocycles. The molecule has 0 aromatic rings. The lowest BCUT2D eigenvalue weighted by Gasteiger charge is -2.18. The molecule has 0 saturated heterocycles. The van der Waals surface area contributed by atoms with E-state index >= 15 is 0 Å². The highest BCUT2D eigenvalue weighted by atomic mass is 16.6. The van der Waals surface area contributed by atoms with Gasteiger partial charge < -0.3 is 14.2 Å². The van der Waals surface area contributed by atoms with Crippen LogP contribution in [0.4, 0.5) is 0 Å². The Kier molecular flexibility index (Phi) is 41.8. The molecule has 0 aliphatic carbocycles. The Morgan fingerprint density at radius 3 is 0.875 bits per heavy atom. The summed E-state index contributed by atoms with van der Waals surface area (Å²) in [6.07, 6.45) is 42.5. The smallest absolute Gasteiger partial charge is 0.306 e. The number of hydrogen-bond acceptors (Lipinski definition) is 6. The molecule has 0 bridgehead atoms. The average Bonchev–Trinajstić information content (AvgIpc) is 3.16. The lowest BCUT2D eigenvalue weighted by molar-refractivity contribution is -0.167. The molecule has 0 N–H and O–H groups in total. The van der Waals surface area contributed by atoms with E-state index in [-0.39, 0.29) is 31.1 Å². The summed E-state index contributed by atoms with van der Waals surface area (Å²) < 4.78 is 16.7. The molecule has 0 aliphatic rings. The first-order chi connectivity index (χ1) is 27.2. The fraction of sp³-hybridized carbons (Fsp3) is 0.940. The van der Waals surface area contributed by atoms with Gasteiger partial charge in [0.1, 0.15) is 13.2 Å². The van der Waals surface area contributed by atoms with Crippen molar-refractivity contribution in [1.82, 2.24) is 0 Å². The number of ether oxygens (including phenoxy) is 3. The van der Waals surface area contributed by atoms with E-state index in [1.54, 1.807) is 0 Å². The van der Waals surface area contributed by atoms with Crippen LogP contribution in [0.15, 0.2) is 0 Å². The minimum absolute atomic E-state index is 0.0651. The summed E-state index contributed by atoms with van der Waals surface area (Å²) in [6, 6.07) is 0. The van der Waals surface area contributed by atoms with Gasteiger partial charge in [0.05, 0.1) is 0 Å². The second kappa shape index (κ2) is 43.0. The minimum atomic E-state index is -0.761. The topological polar surface area (TPSA) is 78.9 Å². The van der Waals surface area contributed by atoms with E-state index in [1.807, 2.05) is 0 Å². The van der Waals surface area contributed by atoms with E-state index < -0.39 is 6.10 Å². The van der Waals surface area contributed by atoms with Crippen molar-refractivity contribution in [2.24, 2.45) is 11.8 Å². The summed E-state index contributed by atoms with van der Waals surface area (Å²) >= 11 is 0. The van der Waals surface area contributed by atoms with Gasteiger partial charge in [0.15, 0.2) is 6.10 Å². The van der Waals surface area contributed by atoms with Crippen LogP contribution in [-0.4, -0.2) is 37.2 Å². The molecule has 0 amide bonds. The molecule has 0 rings (SSSR count). The molecule has 0 aliphatic heterocycles. The Hall–Kier alpha value is -1.59. The first-order valence-electron chi connectivity index (χ1n) is 24.7. The summed E-state index contributed by atoms with van der Waals surface area (Å²) in [5.74, 6) is 0.717. The van der Waals surface area contributed by atoms with Crippen molar-refractivity contribution in [2.75, 3.05) is 13.2 Å². The van der Waals surface area contributed by atoms with Crippen LogP contribution in [0.2, 0.25) is 0 Å². The van der Waals surface area contributed by atoms with E-state index in [9.17, 15) is 14.4 Å². The molecule has 0 saturated carbocycles. The Balaban J connectivity index is 4.26. The van der Waals surface area contributed by atoms with Gasteiger partial charge in [-0.2, -0.15) is 0 Å². The van der Waals surface area contributed by atoms with Gasteiger partial charge in [-0.25, -0.2) is 0 Å². The second-order valence-corrected chi connectivity index (χ2v) is 18.1. The quantitative estimate of drug-likeness (QED) is 0.0347. The summed E-state index contributed by atoms with van der Waals surface area (Å²) in [5, 5.41) is 0. The highest BCUT2D eigenvalue weighted by Crippen LogP contribution is 2.17. The van der Waals surface area contributed by atoms with Crippen molar-refractivity contribution in [2.45, 2.75) is 278 Å². The molecule has 1 atom stereocenters. The largest absolute Gasteiger partial charge is 0.462 e. The highest BCUT2D eigenvalue weighted by Gasteiger charge is 2.19. The third-order valence-electron chi connectivity index (χ3n) is 11.2. The number of rotatable bonds is 44. The molecule has 0 unspecified atom stereocenters. The zero-order chi connectivity index (χ0) is 41.2. The van der Waals surface area contributed by atoms with Crippen LogP contribution in [0.3, 0.4) is 0 Å². The molecule has 6 nitrogen and oxygen atoms in total. The fourth-order valence-electron chi connectivity index (χ4n) is 7.46. The van der Waals surface area contributed by atoms with Crippen molar-refractivity contribution in [3.05, 3.63) is 0 Å². The van der Waals surface area contributed by atoms with Crippen LogP contribution in [-0.2, 0) is 28.6 Å². The Bertz CT molecular complexity index is 854. The van der Waals surface area contributed by atoms with Gasteiger partial charge in [0.25, 0.3) is 0 Å². The SMILES string of the molecule is CCCCCCCCCCCCCCCCCCCC(=O)OC[C@@H](COC(=O)CCCCCCCCCCC(C)C)OC(=O)CCCCCCCCCC(C)C. The summed E-state index contributed by atoms with van der Waals surface area (Å²) in [4.78, 5) is 37.8. The van der Waals surface area contributed by atoms with Gasteiger partial charge in [-0.15, -0.1) is 0 Å². The molecule has 332 valence electrons. The van der Waals surface area contributed by atoms with E-state index in [4.69, 9.17) is 14.2 Å². The van der Waals surface area contributed by atoms with E-state index in [2.05, 4.69) is 34.6 Å². The van der Waals surface area contributed by atoms with Gasteiger partial charge in [0.2, 0.25) is 0 Å². The maximum atomic E-state index is 12.7. The number of esters is 3. The molecule has 0 spiro atoms. The summed E-state index contributed by atoms with van der Waals surface area (Å²) in [6.45, 7) is 11.3. The molecule has 0 aromatic heterocycles. The first kappa shape index (κ1) is 54.4. The van der Waals surface area contributed by atoms with E-state index in [0.717, 1.165) is 69.6 Å². The fourth-order valence-corrected chi connectivity index (χ4v) is 7.46. The van der Waals surface area contributed by atoms with Crippen molar-refractivity contribution >= 4 is 17.9 Å². The first-order valence-corrected chi connectivity index (χ1v) is 24.7. The van der Waals surface area contributed by atoms with Crippen LogP contribution in [0.25, 0.3) is 0 Å². The van der Waals surface area contributed by atoms with Crippen molar-refractivity contribution in [1.29, 1.82) is 0 Å². The maximum Gasteiger partial charge on any atom is 0.306 e. The minimum Gasteiger partial charge on any atom is -0.462 e. The molecule has 0 fully saturated rings. The number of unbranched alkanes of at least 4 members (excludes halogenated alkanes) is 29.